The molecule has 0 saturated heterocycles. The van der Waals surface area contributed by atoms with Gasteiger partial charge in [0.1, 0.15) is 11.6 Å². The van der Waals surface area contributed by atoms with Crippen LogP contribution in [0.25, 0.3) is 0 Å². The number of nitrogens with one attached hydrogen (secondary N) is 1. The van der Waals surface area contributed by atoms with Crippen molar-refractivity contribution in [2.75, 3.05) is 5.32 Å². The van der Waals surface area contributed by atoms with Gasteiger partial charge in [0.05, 0.1) is 0 Å². The fraction of sp³-hybridized carbons (Fsp3) is 0.0714. The molecule has 0 spiro atoms. The Morgan fingerprint density at radius 2 is 1.95 bits per heavy atom. The second-order valence-corrected chi connectivity index (χ2v) is 5.43. The predicted molar refractivity (Wildman–Crippen MR) is 70.5 cm³/mol. The lowest BCUT2D eigenvalue weighted by atomic mass is 10.1. The average molecular weight is 293 g/mol. The van der Waals surface area contributed by atoms with Crippen LogP contribution in [0.15, 0.2) is 46.2 Å². The van der Waals surface area contributed by atoms with Crippen LogP contribution in [0.5, 0.6) is 0 Å². The van der Waals surface area contributed by atoms with Gasteiger partial charge < -0.3 is 10.4 Å². The van der Waals surface area contributed by atoms with Crippen LogP contribution in [0.1, 0.15) is 11.7 Å². The van der Waals surface area contributed by atoms with Crippen LogP contribution in [0.4, 0.5) is 14.5 Å². The fourth-order valence-corrected chi connectivity index (χ4v) is 2.83. The highest BCUT2D eigenvalue weighted by Gasteiger charge is 2.28. The van der Waals surface area contributed by atoms with Gasteiger partial charge >= 0.3 is 0 Å². The molecule has 3 nitrogen and oxygen atoms in total. The van der Waals surface area contributed by atoms with Gasteiger partial charge in [0, 0.05) is 27.1 Å². The third kappa shape index (κ3) is 2.28. The molecule has 0 saturated carbocycles. The zero-order chi connectivity index (χ0) is 14.3. The lowest BCUT2D eigenvalue weighted by Crippen LogP contribution is -2.10. The number of carbonyl (C=O) groups excluding carboxylic acids is 1. The molecule has 0 radical (unpaired) electrons. The predicted octanol–water partition coefficient (Wildman–Crippen LogP) is 3.10. The van der Waals surface area contributed by atoms with E-state index < -0.39 is 23.6 Å². The molecule has 0 aliphatic carbocycles. The number of carbonyl (C=O) groups is 1. The number of hydrogen-bond acceptors (Lipinski definition) is 3. The summed E-state index contributed by atoms with van der Waals surface area (Å²) in [5, 5.41) is 12.1. The first-order valence-corrected chi connectivity index (χ1v) is 6.62. The Morgan fingerprint density at radius 3 is 2.70 bits per heavy atom. The number of aliphatic hydroxyl groups excluding tert-OH is 1. The Kier molecular flexibility index (Phi) is 3.19. The molecular weight excluding hydrogens is 284 g/mol. The maximum Gasteiger partial charge on any atom is 0.257 e. The third-order valence-electron chi connectivity index (χ3n) is 2.95. The number of benzene rings is 2. The van der Waals surface area contributed by atoms with Crippen LogP contribution in [0.3, 0.4) is 0 Å². The van der Waals surface area contributed by atoms with E-state index in [0.29, 0.717) is 16.1 Å². The molecule has 1 aliphatic heterocycles. The minimum Gasteiger partial charge on any atom is -0.378 e. The minimum absolute atomic E-state index is 0.288. The summed E-state index contributed by atoms with van der Waals surface area (Å²) < 4.78 is 26.4. The Bertz CT molecular complexity index is 706. The molecule has 2 aromatic rings. The van der Waals surface area contributed by atoms with E-state index in [2.05, 4.69) is 5.32 Å². The summed E-state index contributed by atoms with van der Waals surface area (Å²) in [5.74, 6) is -1.74. The van der Waals surface area contributed by atoms with Crippen molar-refractivity contribution in [3.8, 4) is 0 Å². The molecule has 2 N–H and O–H groups in total. The molecule has 0 aromatic heterocycles. The average Bonchev–Trinajstić information content (AvgIpc) is 2.68. The molecule has 102 valence electrons. The molecule has 6 heteroatoms. The zero-order valence-electron chi connectivity index (χ0n) is 10.1. The molecule has 0 fully saturated rings. The van der Waals surface area contributed by atoms with Crippen LogP contribution in [-0.4, -0.2) is 11.0 Å². The molecule has 20 heavy (non-hydrogen) atoms. The van der Waals surface area contributed by atoms with Crippen molar-refractivity contribution in [3.05, 3.63) is 53.6 Å². The Balaban J connectivity index is 1.90. The summed E-state index contributed by atoms with van der Waals surface area (Å²) in [5.41, 5.74) is 1.01. The number of rotatable bonds is 2. The van der Waals surface area contributed by atoms with Crippen molar-refractivity contribution in [1.82, 2.24) is 0 Å². The van der Waals surface area contributed by atoms with Gasteiger partial charge in [-0.15, -0.1) is 0 Å². The van der Waals surface area contributed by atoms with Gasteiger partial charge in [0.2, 0.25) is 0 Å². The number of halogens is 2. The molecule has 2 aromatic carbocycles. The van der Waals surface area contributed by atoms with E-state index in [1.54, 1.807) is 18.2 Å². The first-order valence-electron chi connectivity index (χ1n) is 5.80. The van der Waals surface area contributed by atoms with E-state index in [4.69, 9.17) is 0 Å². The van der Waals surface area contributed by atoms with E-state index in [-0.39, 0.29) is 4.90 Å². The zero-order valence-corrected chi connectivity index (χ0v) is 10.9. The van der Waals surface area contributed by atoms with Crippen molar-refractivity contribution < 1.29 is 18.7 Å². The number of aliphatic hydroxyl groups is 1. The molecule has 1 unspecified atom stereocenters. The summed E-state index contributed by atoms with van der Waals surface area (Å²) in [6, 6.07) is 8.30. The van der Waals surface area contributed by atoms with Crippen LogP contribution in [0.2, 0.25) is 0 Å². The van der Waals surface area contributed by atoms with Crippen molar-refractivity contribution >= 4 is 23.4 Å². The molecule has 3 rings (SSSR count). The Hall–Kier alpha value is -1.92. The Morgan fingerprint density at radius 1 is 1.15 bits per heavy atom. The van der Waals surface area contributed by atoms with Gasteiger partial charge in [-0.05, 0) is 24.3 Å². The Labute approximate surface area is 117 Å². The lowest BCUT2D eigenvalue weighted by Gasteiger charge is -2.06. The molecule has 0 bridgehead atoms. The van der Waals surface area contributed by atoms with Gasteiger partial charge in [0.25, 0.3) is 5.91 Å². The quantitative estimate of drug-likeness (QED) is 0.894. The maximum atomic E-state index is 13.6. The summed E-state index contributed by atoms with van der Waals surface area (Å²) >= 11 is 1.12. The van der Waals surface area contributed by atoms with Gasteiger partial charge in [-0.2, -0.15) is 0 Å². The van der Waals surface area contributed by atoms with Gasteiger partial charge in [-0.25, -0.2) is 8.78 Å². The van der Waals surface area contributed by atoms with Gasteiger partial charge in [-0.3, -0.25) is 4.79 Å². The standard InChI is InChI=1S/C14H9F2NO2S/c15-7-1-4-12(10(16)5-7)20-8-2-3-9-11(6-8)17-14(19)13(9)18/h1-6,13,18H,(H,17,19). The van der Waals surface area contributed by atoms with Crippen LogP contribution >= 0.6 is 11.8 Å². The highest BCUT2D eigenvalue weighted by molar-refractivity contribution is 7.99. The first-order chi connectivity index (χ1) is 9.54. The second-order valence-electron chi connectivity index (χ2n) is 4.32. The monoisotopic (exact) mass is 293 g/mol. The van der Waals surface area contributed by atoms with Crippen molar-refractivity contribution in [1.29, 1.82) is 0 Å². The molecule has 1 heterocycles. The lowest BCUT2D eigenvalue weighted by molar-refractivity contribution is -0.123. The minimum atomic E-state index is -1.16. The summed E-state index contributed by atoms with van der Waals surface area (Å²) in [6.07, 6.45) is -1.16. The van der Waals surface area contributed by atoms with E-state index in [9.17, 15) is 18.7 Å². The van der Waals surface area contributed by atoms with Crippen LogP contribution in [0, 0.1) is 11.6 Å². The van der Waals surface area contributed by atoms with E-state index in [0.717, 1.165) is 17.8 Å². The van der Waals surface area contributed by atoms with Crippen LogP contribution < -0.4 is 5.32 Å². The van der Waals surface area contributed by atoms with Gasteiger partial charge in [0.15, 0.2) is 6.10 Å². The van der Waals surface area contributed by atoms with Crippen molar-refractivity contribution in [2.24, 2.45) is 0 Å². The number of fused-ring (bicyclic) bond motifs is 1. The van der Waals surface area contributed by atoms with Crippen molar-refractivity contribution in [2.45, 2.75) is 15.9 Å². The highest BCUT2D eigenvalue weighted by Crippen LogP contribution is 2.37. The smallest absolute Gasteiger partial charge is 0.257 e. The third-order valence-corrected chi connectivity index (χ3v) is 3.99. The molecular formula is C14H9F2NO2S. The molecule has 1 aliphatic rings. The first kappa shape index (κ1) is 13.1. The number of hydrogen-bond donors (Lipinski definition) is 2. The summed E-state index contributed by atoms with van der Waals surface area (Å²) in [7, 11) is 0. The van der Waals surface area contributed by atoms with E-state index in [1.807, 2.05) is 0 Å². The van der Waals surface area contributed by atoms with E-state index >= 15 is 0 Å². The van der Waals surface area contributed by atoms with E-state index in [1.165, 1.54) is 12.1 Å². The van der Waals surface area contributed by atoms with Crippen molar-refractivity contribution in [3.63, 3.8) is 0 Å². The molecule has 1 atom stereocenters. The van der Waals surface area contributed by atoms with Gasteiger partial charge in [-0.1, -0.05) is 17.8 Å². The number of anilines is 1. The highest BCUT2D eigenvalue weighted by atomic mass is 32.2. The maximum absolute atomic E-state index is 13.6. The molecule has 1 amide bonds. The fourth-order valence-electron chi connectivity index (χ4n) is 1.97. The second kappa shape index (κ2) is 4.88. The summed E-state index contributed by atoms with van der Waals surface area (Å²) in [4.78, 5) is 12.3. The summed E-state index contributed by atoms with van der Waals surface area (Å²) in [6.45, 7) is 0. The normalized spacial score (nSPS) is 16.9. The topological polar surface area (TPSA) is 49.3 Å². The SMILES string of the molecule is O=C1Nc2cc(Sc3ccc(F)cc3F)ccc2C1O. The largest absolute Gasteiger partial charge is 0.378 e. The number of amides is 1. The van der Waals surface area contributed by atoms with Crippen LogP contribution in [-0.2, 0) is 4.79 Å².